The zero-order valence-electron chi connectivity index (χ0n) is 53.0. The topological polar surface area (TPSA) is 13.0 Å². The maximum Gasteiger partial charge on any atom is 0.0465 e. The molecule has 0 radical (unpaired) electrons. The largest absolute Gasteiger partial charge is 0.311 e. The van der Waals surface area contributed by atoms with E-state index in [2.05, 4.69) is 347 Å². The molecule has 2 spiro atoms. The maximum atomic E-state index is 2.54. The Kier molecular flexibility index (Phi) is 14.7. The summed E-state index contributed by atoms with van der Waals surface area (Å²) in [5.74, 6) is 0. The summed E-state index contributed by atoms with van der Waals surface area (Å²) in [5.41, 5.74) is 29.9. The Balaban J connectivity index is 0.723. The molecule has 0 unspecified atom stereocenters. The summed E-state index contributed by atoms with van der Waals surface area (Å²) in [6.07, 6.45) is 12.3. The molecule has 454 valence electrons. The van der Waals surface area contributed by atoms with Crippen LogP contribution >= 0.6 is 0 Å². The van der Waals surface area contributed by atoms with Crippen LogP contribution < -0.4 is 19.6 Å². The number of anilines is 12. The van der Waals surface area contributed by atoms with Gasteiger partial charge in [0.05, 0.1) is 0 Å². The Morgan fingerprint density at radius 2 is 0.383 bits per heavy atom. The summed E-state index contributed by atoms with van der Waals surface area (Å²) >= 11 is 0. The van der Waals surface area contributed by atoms with Gasteiger partial charge in [0.25, 0.3) is 0 Å². The summed E-state index contributed by atoms with van der Waals surface area (Å²) in [4.78, 5) is 9.61. The summed E-state index contributed by atoms with van der Waals surface area (Å²) in [6.45, 7) is 0. The fourth-order valence-corrected chi connectivity index (χ4v) is 16.6. The molecule has 13 aromatic carbocycles. The van der Waals surface area contributed by atoms with Gasteiger partial charge in [0.15, 0.2) is 0 Å². The van der Waals surface area contributed by atoms with Crippen molar-refractivity contribution in [3.63, 3.8) is 0 Å². The monoisotopic (exact) mass is 1210 g/mol. The van der Waals surface area contributed by atoms with E-state index in [4.69, 9.17) is 0 Å². The molecule has 0 N–H and O–H groups in total. The molecule has 0 saturated heterocycles. The zero-order chi connectivity index (χ0) is 62.4. The molecule has 4 heteroatoms. The van der Waals surface area contributed by atoms with Crippen LogP contribution in [-0.2, 0) is 10.8 Å². The third-order valence-electron chi connectivity index (χ3n) is 21.0. The Labute approximate surface area is 554 Å². The number of hydrogen-bond acceptors (Lipinski definition) is 4. The first-order valence-corrected chi connectivity index (χ1v) is 34.0. The SMILES string of the molecule is c1ccc(N(c2ccccc2)c2ccc(-c3ccc(N(c4ccc(-c5ccc(N(c6ccc(N(c7ccccc7)c7ccccc7)cc6)c6ccc7c(c6)C6(CCCCC6)c6ccccc6-7)cc5)cc4)c4ccc5c(c4)C4(CCCCC4)c4ccccc4-5)cc3)cc2)cc1. The molecule has 4 aliphatic carbocycles. The molecular weight excluding hydrogens is 1140 g/mol. The minimum atomic E-state index is 0.0309. The van der Waals surface area contributed by atoms with Gasteiger partial charge < -0.3 is 19.6 Å². The lowest BCUT2D eigenvalue weighted by Gasteiger charge is -2.36. The second-order valence-electron chi connectivity index (χ2n) is 26.2. The number of rotatable bonds is 14. The van der Waals surface area contributed by atoms with Gasteiger partial charge in [0.2, 0.25) is 0 Å². The molecule has 17 rings (SSSR count). The van der Waals surface area contributed by atoms with Gasteiger partial charge in [-0.05, 0) is 238 Å². The lowest BCUT2D eigenvalue weighted by atomic mass is 9.68. The number of benzene rings is 13. The first-order chi connectivity index (χ1) is 46.6. The van der Waals surface area contributed by atoms with Crippen LogP contribution in [0, 0.1) is 0 Å². The lowest BCUT2D eigenvalue weighted by molar-refractivity contribution is 0.353. The fourth-order valence-electron chi connectivity index (χ4n) is 16.6. The molecule has 4 nitrogen and oxygen atoms in total. The van der Waals surface area contributed by atoms with Gasteiger partial charge in [-0.25, -0.2) is 0 Å². The van der Waals surface area contributed by atoms with Crippen molar-refractivity contribution in [3.8, 4) is 44.5 Å². The standard InChI is InChI=1S/C90H74N4/c1-7-23-69(24-8-1)91(70-25-9-2-10-26-70)73-43-35-65(36-44-73)66-37-45-74(46-38-66)93(79-55-57-83-81-31-15-17-33-85(81)89(87(83)63-79)59-19-5-20-60-89)75-47-39-67(40-48-75)68-41-49-76(50-42-68)94(78-53-51-77(52-54-78)92(71-27-11-3-12-28-71)72-29-13-4-14-30-72)80-56-58-84-82-32-16-18-34-86(82)90(88(84)64-80)61-21-6-22-62-90/h1-4,7-18,23-58,63-64H,5-6,19-22,59-62H2. The van der Waals surface area contributed by atoms with Crippen molar-refractivity contribution in [2.75, 3.05) is 19.6 Å². The maximum absolute atomic E-state index is 2.54. The Bertz CT molecular complexity index is 4730. The predicted molar refractivity (Wildman–Crippen MR) is 395 cm³/mol. The summed E-state index contributed by atoms with van der Waals surface area (Å²) in [7, 11) is 0. The first-order valence-electron chi connectivity index (χ1n) is 34.0. The highest BCUT2D eigenvalue weighted by atomic mass is 15.2. The van der Waals surface area contributed by atoms with Crippen molar-refractivity contribution in [2.24, 2.45) is 0 Å². The van der Waals surface area contributed by atoms with Gasteiger partial charge in [0.1, 0.15) is 0 Å². The van der Waals surface area contributed by atoms with E-state index < -0.39 is 0 Å². The van der Waals surface area contributed by atoms with E-state index in [9.17, 15) is 0 Å². The first kappa shape index (κ1) is 57.0. The van der Waals surface area contributed by atoms with Crippen molar-refractivity contribution in [1.29, 1.82) is 0 Å². The molecular formula is C90H74N4. The molecule has 13 aromatic rings. The van der Waals surface area contributed by atoms with Crippen LogP contribution in [0.15, 0.2) is 328 Å². The number of para-hydroxylation sites is 4. The highest BCUT2D eigenvalue weighted by Gasteiger charge is 2.45. The lowest BCUT2D eigenvalue weighted by Crippen LogP contribution is -2.28. The molecule has 0 aromatic heterocycles. The van der Waals surface area contributed by atoms with Crippen molar-refractivity contribution in [3.05, 3.63) is 350 Å². The van der Waals surface area contributed by atoms with Crippen molar-refractivity contribution in [1.82, 2.24) is 0 Å². The fraction of sp³-hybridized carbons (Fsp3) is 0.133. The number of hydrogen-bond donors (Lipinski definition) is 0. The summed E-state index contributed by atoms with van der Waals surface area (Å²) in [6, 6.07) is 122. The second-order valence-corrected chi connectivity index (χ2v) is 26.2. The number of fused-ring (bicyclic) bond motifs is 10. The zero-order valence-corrected chi connectivity index (χ0v) is 53.0. The van der Waals surface area contributed by atoms with Crippen LogP contribution in [0.2, 0.25) is 0 Å². The van der Waals surface area contributed by atoms with Crippen molar-refractivity contribution >= 4 is 68.2 Å². The average molecular weight is 1210 g/mol. The van der Waals surface area contributed by atoms with Crippen molar-refractivity contribution in [2.45, 2.75) is 75.0 Å². The van der Waals surface area contributed by atoms with Gasteiger partial charge in [-0.2, -0.15) is 0 Å². The molecule has 0 amide bonds. The van der Waals surface area contributed by atoms with E-state index in [1.54, 1.807) is 0 Å². The molecule has 94 heavy (non-hydrogen) atoms. The second kappa shape index (κ2) is 24.3. The molecule has 2 saturated carbocycles. The van der Waals surface area contributed by atoms with Gasteiger partial charge >= 0.3 is 0 Å². The molecule has 2 fully saturated rings. The van der Waals surface area contributed by atoms with Crippen LogP contribution in [0.5, 0.6) is 0 Å². The number of nitrogens with zero attached hydrogens (tertiary/aromatic N) is 4. The van der Waals surface area contributed by atoms with Crippen LogP contribution in [-0.4, -0.2) is 0 Å². The minimum absolute atomic E-state index is 0.0309. The average Bonchev–Trinajstić information content (AvgIpc) is 1.56. The van der Waals surface area contributed by atoms with Gasteiger partial charge in [0, 0.05) is 79.1 Å². The molecule has 4 aliphatic rings. The van der Waals surface area contributed by atoms with Gasteiger partial charge in [-0.15, -0.1) is 0 Å². The Morgan fingerprint density at radius 3 is 0.670 bits per heavy atom. The summed E-state index contributed by atoms with van der Waals surface area (Å²) < 4.78 is 0. The van der Waals surface area contributed by atoms with Crippen LogP contribution in [0.25, 0.3) is 44.5 Å². The van der Waals surface area contributed by atoms with Crippen molar-refractivity contribution < 1.29 is 0 Å². The molecule has 0 atom stereocenters. The third-order valence-corrected chi connectivity index (χ3v) is 21.0. The predicted octanol–water partition coefficient (Wildman–Crippen LogP) is 25.4. The van der Waals surface area contributed by atoms with Gasteiger partial charge in [-0.1, -0.05) is 221 Å². The highest BCUT2D eigenvalue weighted by Crippen LogP contribution is 2.59. The van der Waals surface area contributed by atoms with E-state index in [1.807, 2.05) is 0 Å². The van der Waals surface area contributed by atoms with Crippen LogP contribution in [0.3, 0.4) is 0 Å². The molecule has 0 bridgehead atoms. The minimum Gasteiger partial charge on any atom is -0.311 e. The molecule has 0 aliphatic heterocycles. The smallest absolute Gasteiger partial charge is 0.0465 e. The quantitative estimate of drug-likeness (QED) is 0.108. The van der Waals surface area contributed by atoms with E-state index in [0.717, 1.165) is 56.9 Å². The Hall–Kier alpha value is -10.9. The Morgan fingerprint density at radius 1 is 0.170 bits per heavy atom. The van der Waals surface area contributed by atoms with E-state index >= 15 is 0 Å². The van der Waals surface area contributed by atoms with Gasteiger partial charge in [-0.3, -0.25) is 0 Å². The highest BCUT2D eigenvalue weighted by molar-refractivity contribution is 5.90. The summed E-state index contributed by atoms with van der Waals surface area (Å²) in [5, 5.41) is 0. The molecule has 0 heterocycles. The van der Waals surface area contributed by atoms with E-state index in [0.29, 0.717) is 0 Å². The van der Waals surface area contributed by atoms with Crippen LogP contribution in [0.4, 0.5) is 68.2 Å². The van der Waals surface area contributed by atoms with E-state index in [-0.39, 0.29) is 10.8 Å². The third kappa shape index (κ3) is 10.1. The normalized spacial score (nSPS) is 14.6. The van der Waals surface area contributed by atoms with Crippen LogP contribution in [0.1, 0.15) is 86.5 Å². The van der Waals surface area contributed by atoms with E-state index in [1.165, 1.54) is 142 Å².